The third kappa shape index (κ3) is 1.91. The molecule has 0 fully saturated rings. The number of hydrogen-bond acceptors (Lipinski definition) is 1. The predicted octanol–water partition coefficient (Wildman–Crippen LogP) is 2.30. The van der Waals surface area contributed by atoms with Crippen LogP contribution in [0.3, 0.4) is 0 Å². The number of rotatable bonds is 2. The molecule has 0 atom stereocenters. The fraction of sp³-hybridized carbons (Fsp3) is 0.0833. The van der Waals surface area contributed by atoms with E-state index in [0.29, 0.717) is 0 Å². The fourth-order valence-corrected chi connectivity index (χ4v) is 1.22. The van der Waals surface area contributed by atoms with Gasteiger partial charge in [0.2, 0.25) is 0 Å². The van der Waals surface area contributed by atoms with Crippen LogP contribution in [0.5, 0.6) is 11.6 Å². The van der Waals surface area contributed by atoms with E-state index in [1.165, 1.54) is 0 Å². The number of nitrogens with zero attached hydrogens (tertiary/aromatic N) is 1. The molecule has 2 rings (SSSR count). The molecule has 1 aromatic carbocycles. The lowest BCUT2D eigenvalue weighted by molar-refractivity contribution is -0.675. The Hall–Kier alpha value is -1.83. The number of para-hydroxylation sites is 1. The van der Waals surface area contributed by atoms with Crippen molar-refractivity contribution in [3.63, 3.8) is 0 Å². The zero-order chi connectivity index (χ0) is 9.80. The Morgan fingerprint density at radius 1 is 0.929 bits per heavy atom. The molecule has 0 saturated heterocycles. The number of aryl methyl sites for hydroxylation is 1. The number of hydrogen-bond donors (Lipinski definition) is 0. The molecule has 2 nitrogen and oxygen atoms in total. The van der Waals surface area contributed by atoms with Gasteiger partial charge in [-0.15, -0.1) is 0 Å². The van der Waals surface area contributed by atoms with Crippen LogP contribution in [0.25, 0.3) is 0 Å². The molecule has 0 N–H and O–H groups in total. The average Bonchev–Trinajstić information content (AvgIpc) is 2.23. The van der Waals surface area contributed by atoms with Crippen LogP contribution < -0.4 is 9.30 Å². The number of pyridine rings is 1. The molecule has 0 radical (unpaired) electrons. The molecule has 70 valence electrons. The zero-order valence-corrected chi connectivity index (χ0v) is 8.05. The van der Waals surface area contributed by atoms with Gasteiger partial charge in [-0.05, 0) is 18.2 Å². The maximum atomic E-state index is 5.67. The summed E-state index contributed by atoms with van der Waals surface area (Å²) in [5, 5.41) is 0. The Labute approximate surface area is 83.4 Å². The largest absolute Gasteiger partial charge is 0.405 e. The van der Waals surface area contributed by atoms with Gasteiger partial charge in [0.25, 0.3) is 0 Å². The first-order valence-corrected chi connectivity index (χ1v) is 4.54. The molecule has 2 aromatic rings. The molecule has 2 heteroatoms. The van der Waals surface area contributed by atoms with E-state index in [1.807, 2.05) is 66.3 Å². The van der Waals surface area contributed by atoms with E-state index in [1.54, 1.807) is 0 Å². The highest BCUT2D eigenvalue weighted by Gasteiger charge is 2.05. The number of benzene rings is 1. The SMILES string of the molecule is C[n+]1ccccc1Oc1ccccc1. The molecule has 0 unspecified atom stereocenters. The minimum atomic E-state index is 0.832. The van der Waals surface area contributed by atoms with E-state index in [2.05, 4.69) is 0 Å². The van der Waals surface area contributed by atoms with Crippen LogP contribution >= 0.6 is 0 Å². The van der Waals surface area contributed by atoms with Crippen molar-refractivity contribution in [2.75, 3.05) is 0 Å². The quantitative estimate of drug-likeness (QED) is 0.656. The highest BCUT2D eigenvalue weighted by molar-refractivity contribution is 5.24. The summed E-state index contributed by atoms with van der Waals surface area (Å²) in [7, 11) is 1.96. The molecule has 0 aliphatic carbocycles. The van der Waals surface area contributed by atoms with Crippen LogP contribution in [-0.4, -0.2) is 0 Å². The topological polar surface area (TPSA) is 13.1 Å². The normalized spacial score (nSPS) is 9.79. The van der Waals surface area contributed by atoms with Crippen LogP contribution in [0.1, 0.15) is 0 Å². The van der Waals surface area contributed by atoms with Crippen LogP contribution in [0.15, 0.2) is 54.7 Å². The molecule has 0 amide bonds. The Morgan fingerprint density at radius 3 is 2.36 bits per heavy atom. The van der Waals surface area contributed by atoms with Gasteiger partial charge in [0.05, 0.1) is 6.07 Å². The van der Waals surface area contributed by atoms with Gasteiger partial charge in [0.15, 0.2) is 6.20 Å². The molecule has 0 aliphatic heterocycles. The predicted molar refractivity (Wildman–Crippen MR) is 54.1 cm³/mol. The van der Waals surface area contributed by atoms with Gasteiger partial charge in [-0.25, -0.2) is 0 Å². The number of aromatic nitrogens is 1. The monoisotopic (exact) mass is 186 g/mol. The lowest BCUT2D eigenvalue weighted by Crippen LogP contribution is -2.28. The van der Waals surface area contributed by atoms with Crippen LogP contribution in [0, 0.1) is 0 Å². The Morgan fingerprint density at radius 2 is 1.64 bits per heavy atom. The lowest BCUT2D eigenvalue weighted by atomic mass is 10.3. The summed E-state index contributed by atoms with van der Waals surface area (Å²) in [4.78, 5) is 0. The molecule has 14 heavy (non-hydrogen) atoms. The highest BCUT2D eigenvalue weighted by atomic mass is 16.5. The third-order valence-electron chi connectivity index (χ3n) is 1.97. The van der Waals surface area contributed by atoms with Crippen molar-refractivity contribution in [2.45, 2.75) is 0 Å². The summed E-state index contributed by atoms with van der Waals surface area (Å²) < 4.78 is 7.61. The van der Waals surface area contributed by atoms with Crippen molar-refractivity contribution in [1.82, 2.24) is 0 Å². The summed E-state index contributed by atoms with van der Waals surface area (Å²) in [6.45, 7) is 0. The first-order valence-electron chi connectivity index (χ1n) is 4.54. The van der Waals surface area contributed by atoms with Crippen LogP contribution in [-0.2, 0) is 7.05 Å². The number of ether oxygens (including phenoxy) is 1. The molecular formula is C12H12NO+. The molecule has 0 aliphatic rings. The summed E-state index contributed by atoms with van der Waals surface area (Å²) in [6.07, 6.45) is 1.96. The fourth-order valence-electron chi connectivity index (χ4n) is 1.22. The zero-order valence-electron chi connectivity index (χ0n) is 8.05. The summed E-state index contributed by atoms with van der Waals surface area (Å²) in [6, 6.07) is 15.6. The van der Waals surface area contributed by atoms with Gasteiger partial charge in [0.1, 0.15) is 12.8 Å². The van der Waals surface area contributed by atoms with Gasteiger partial charge >= 0.3 is 5.88 Å². The molecule has 0 saturated carbocycles. The van der Waals surface area contributed by atoms with E-state index < -0.39 is 0 Å². The second-order valence-corrected chi connectivity index (χ2v) is 3.06. The van der Waals surface area contributed by atoms with E-state index in [0.717, 1.165) is 11.6 Å². The summed E-state index contributed by atoms with van der Waals surface area (Å²) in [5.74, 6) is 1.69. The van der Waals surface area contributed by atoms with Crippen LogP contribution in [0.4, 0.5) is 0 Å². The average molecular weight is 186 g/mol. The Kier molecular flexibility index (Phi) is 2.45. The molecule has 0 spiro atoms. The summed E-state index contributed by atoms with van der Waals surface area (Å²) >= 11 is 0. The van der Waals surface area contributed by atoms with E-state index >= 15 is 0 Å². The minimum Gasteiger partial charge on any atom is -0.405 e. The van der Waals surface area contributed by atoms with E-state index in [-0.39, 0.29) is 0 Å². The Bertz CT molecular complexity index is 412. The summed E-state index contributed by atoms with van der Waals surface area (Å²) in [5.41, 5.74) is 0. The second-order valence-electron chi connectivity index (χ2n) is 3.06. The molecular weight excluding hydrogens is 174 g/mol. The maximum absolute atomic E-state index is 5.67. The molecule has 0 bridgehead atoms. The van der Waals surface area contributed by atoms with E-state index in [4.69, 9.17) is 4.74 Å². The van der Waals surface area contributed by atoms with Gasteiger partial charge in [-0.1, -0.05) is 18.2 Å². The van der Waals surface area contributed by atoms with Crippen molar-refractivity contribution in [3.05, 3.63) is 54.7 Å². The first-order chi connectivity index (χ1) is 6.86. The second kappa shape index (κ2) is 3.92. The van der Waals surface area contributed by atoms with Gasteiger partial charge in [0, 0.05) is 6.07 Å². The Balaban J connectivity index is 2.24. The lowest BCUT2D eigenvalue weighted by Gasteiger charge is -2.01. The highest BCUT2D eigenvalue weighted by Crippen LogP contribution is 2.15. The van der Waals surface area contributed by atoms with Gasteiger partial charge in [-0.2, -0.15) is 4.57 Å². The van der Waals surface area contributed by atoms with Crippen molar-refractivity contribution in [3.8, 4) is 11.6 Å². The smallest absolute Gasteiger partial charge is 0.372 e. The van der Waals surface area contributed by atoms with Crippen LogP contribution in [0.2, 0.25) is 0 Å². The molecule has 1 aromatic heterocycles. The van der Waals surface area contributed by atoms with Gasteiger partial charge < -0.3 is 4.74 Å². The van der Waals surface area contributed by atoms with Crippen molar-refractivity contribution in [2.24, 2.45) is 7.05 Å². The first kappa shape index (κ1) is 8.75. The van der Waals surface area contributed by atoms with Crippen molar-refractivity contribution >= 4 is 0 Å². The van der Waals surface area contributed by atoms with E-state index in [9.17, 15) is 0 Å². The maximum Gasteiger partial charge on any atom is 0.372 e. The third-order valence-corrected chi connectivity index (χ3v) is 1.97. The van der Waals surface area contributed by atoms with Crippen molar-refractivity contribution < 1.29 is 9.30 Å². The molecule has 1 heterocycles. The van der Waals surface area contributed by atoms with Gasteiger partial charge in [-0.3, -0.25) is 0 Å². The van der Waals surface area contributed by atoms with Crippen molar-refractivity contribution in [1.29, 1.82) is 0 Å². The standard InChI is InChI=1S/C12H12NO/c1-13-10-6-5-9-12(13)14-11-7-3-2-4-8-11/h2-10H,1H3/q+1. The minimum absolute atomic E-state index is 0.832.